The number of anilines is 1. The number of hydrogen-bond donors (Lipinski definition) is 2. The fraction of sp³-hybridized carbons (Fsp3) is 0.0625. The highest BCUT2D eigenvalue weighted by Crippen LogP contribution is 2.31. The van der Waals surface area contributed by atoms with E-state index in [9.17, 15) is 14.3 Å². The summed E-state index contributed by atoms with van der Waals surface area (Å²) in [5, 5.41) is 13.3. The van der Waals surface area contributed by atoms with Crippen molar-refractivity contribution >= 4 is 33.1 Å². The summed E-state index contributed by atoms with van der Waals surface area (Å²) in [4.78, 5) is 11.7. The molecule has 0 unspecified atom stereocenters. The zero-order chi connectivity index (χ0) is 14.8. The van der Waals surface area contributed by atoms with Crippen molar-refractivity contribution < 1.29 is 14.3 Å². The molecular formula is C16H12FNO2S. The molecule has 0 amide bonds. The van der Waals surface area contributed by atoms with Gasteiger partial charge < -0.3 is 10.4 Å². The third-order valence-corrected chi connectivity index (χ3v) is 4.39. The van der Waals surface area contributed by atoms with Crippen molar-refractivity contribution in [1.82, 2.24) is 0 Å². The van der Waals surface area contributed by atoms with Crippen LogP contribution in [0.4, 0.5) is 10.1 Å². The molecule has 106 valence electrons. The van der Waals surface area contributed by atoms with Crippen molar-refractivity contribution in [2.24, 2.45) is 0 Å². The predicted molar refractivity (Wildman–Crippen MR) is 82.5 cm³/mol. The fourth-order valence-corrected chi connectivity index (χ4v) is 3.30. The first kappa shape index (κ1) is 13.6. The molecule has 1 heterocycles. The highest BCUT2D eigenvalue weighted by atomic mass is 32.1. The Morgan fingerprint density at radius 1 is 1.19 bits per heavy atom. The van der Waals surface area contributed by atoms with Crippen molar-refractivity contribution in [3.63, 3.8) is 0 Å². The van der Waals surface area contributed by atoms with Crippen LogP contribution >= 0.6 is 11.3 Å². The van der Waals surface area contributed by atoms with Gasteiger partial charge in [0.1, 0.15) is 10.7 Å². The molecule has 0 atom stereocenters. The molecular weight excluding hydrogens is 289 g/mol. The number of carboxylic acids is 1. The maximum absolute atomic E-state index is 13.2. The second-order valence-electron chi connectivity index (χ2n) is 4.57. The van der Waals surface area contributed by atoms with Gasteiger partial charge in [-0.05, 0) is 29.7 Å². The first-order valence-corrected chi connectivity index (χ1v) is 7.20. The van der Waals surface area contributed by atoms with Crippen molar-refractivity contribution in [1.29, 1.82) is 0 Å². The number of fused-ring (bicyclic) bond motifs is 1. The number of carboxylic acid groups (broad SMARTS) is 1. The maximum atomic E-state index is 13.2. The lowest BCUT2D eigenvalue weighted by Crippen LogP contribution is -2.04. The summed E-state index contributed by atoms with van der Waals surface area (Å²) >= 11 is 1.26. The number of carbonyl (C=O) groups is 1. The van der Waals surface area contributed by atoms with E-state index in [4.69, 9.17) is 0 Å². The number of aromatic carboxylic acids is 1. The Morgan fingerprint density at radius 3 is 2.76 bits per heavy atom. The molecule has 0 spiro atoms. The predicted octanol–water partition coefficient (Wildman–Crippen LogP) is 4.35. The number of rotatable bonds is 4. The average Bonchev–Trinajstić information content (AvgIpc) is 2.84. The Hall–Kier alpha value is -2.40. The molecule has 3 nitrogen and oxygen atoms in total. The zero-order valence-corrected chi connectivity index (χ0v) is 11.8. The van der Waals surface area contributed by atoms with Gasteiger partial charge in [-0.2, -0.15) is 0 Å². The van der Waals surface area contributed by atoms with E-state index in [1.54, 1.807) is 12.1 Å². The molecule has 3 rings (SSSR count). The molecule has 0 radical (unpaired) electrons. The molecule has 2 N–H and O–H groups in total. The molecule has 0 fully saturated rings. The third-order valence-electron chi connectivity index (χ3n) is 3.19. The van der Waals surface area contributed by atoms with Gasteiger partial charge in [-0.1, -0.05) is 24.3 Å². The average molecular weight is 301 g/mol. The minimum atomic E-state index is -0.938. The number of halogens is 1. The zero-order valence-electron chi connectivity index (χ0n) is 11.0. The van der Waals surface area contributed by atoms with Crippen LogP contribution in [-0.4, -0.2) is 11.1 Å². The van der Waals surface area contributed by atoms with Gasteiger partial charge in [0.25, 0.3) is 0 Å². The van der Waals surface area contributed by atoms with Crippen molar-refractivity contribution in [2.45, 2.75) is 6.54 Å². The SMILES string of the molecule is O=C(O)c1sc2ccccc2c1CNc1cccc(F)c1. The smallest absolute Gasteiger partial charge is 0.346 e. The van der Waals surface area contributed by atoms with Crippen LogP contribution in [0.25, 0.3) is 10.1 Å². The van der Waals surface area contributed by atoms with Crippen LogP contribution in [0.3, 0.4) is 0 Å². The quantitative estimate of drug-likeness (QED) is 0.753. The summed E-state index contributed by atoms with van der Waals surface area (Å²) in [5.41, 5.74) is 1.36. The van der Waals surface area contributed by atoms with Crippen molar-refractivity contribution in [3.8, 4) is 0 Å². The molecule has 0 aliphatic rings. The van der Waals surface area contributed by atoms with Gasteiger partial charge in [0.15, 0.2) is 0 Å². The van der Waals surface area contributed by atoms with Crippen LogP contribution in [0.1, 0.15) is 15.2 Å². The molecule has 2 aromatic carbocycles. The molecule has 0 aliphatic carbocycles. The number of nitrogens with one attached hydrogen (secondary N) is 1. The number of benzene rings is 2. The Morgan fingerprint density at radius 2 is 2.00 bits per heavy atom. The first-order chi connectivity index (χ1) is 10.1. The normalized spacial score (nSPS) is 10.7. The summed E-state index contributed by atoms with van der Waals surface area (Å²) in [6.07, 6.45) is 0. The van der Waals surface area contributed by atoms with E-state index >= 15 is 0 Å². The molecule has 5 heteroatoms. The van der Waals surface area contributed by atoms with Gasteiger partial charge >= 0.3 is 5.97 Å². The van der Waals surface area contributed by atoms with Crippen LogP contribution in [0.5, 0.6) is 0 Å². The summed E-state index contributed by atoms with van der Waals surface area (Å²) in [7, 11) is 0. The number of thiophene rings is 1. The standard InChI is InChI=1S/C16H12FNO2S/c17-10-4-3-5-11(8-10)18-9-13-12-6-1-2-7-14(12)21-15(13)16(19)20/h1-8,18H,9H2,(H,19,20). The van der Waals surface area contributed by atoms with E-state index in [2.05, 4.69) is 5.32 Å². The lowest BCUT2D eigenvalue weighted by molar-refractivity contribution is 0.0701. The van der Waals surface area contributed by atoms with E-state index in [0.717, 1.165) is 15.6 Å². The van der Waals surface area contributed by atoms with Crippen LogP contribution in [0.15, 0.2) is 48.5 Å². The van der Waals surface area contributed by atoms with Gasteiger partial charge in [0, 0.05) is 22.5 Å². The lowest BCUT2D eigenvalue weighted by atomic mass is 10.1. The summed E-state index contributed by atoms with van der Waals surface area (Å²) < 4.78 is 14.1. The van der Waals surface area contributed by atoms with E-state index in [1.807, 2.05) is 24.3 Å². The van der Waals surface area contributed by atoms with Gasteiger partial charge in [-0.3, -0.25) is 0 Å². The molecule has 1 aromatic heterocycles. The molecule has 21 heavy (non-hydrogen) atoms. The Bertz CT molecular complexity index is 813. The molecule has 0 bridgehead atoms. The summed E-state index contributed by atoms with van der Waals surface area (Å²) in [6, 6.07) is 13.7. The van der Waals surface area contributed by atoms with Gasteiger partial charge in [-0.15, -0.1) is 11.3 Å². The number of hydrogen-bond acceptors (Lipinski definition) is 3. The largest absolute Gasteiger partial charge is 0.477 e. The maximum Gasteiger partial charge on any atom is 0.346 e. The fourth-order valence-electron chi connectivity index (χ4n) is 2.24. The third kappa shape index (κ3) is 2.73. The molecule has 3 aromatic rings. The minimum Gasteiger partial charge on any atom is -0.477 e. The highest BCUT2D eigenvalue weighted by molar-refractivity contribution is 7.21. The molecule has 0 saturated carbocycles. The summed E-state index contributed by atoms with van der Waals surface area (Å²) in [6.45, 7) is 0.342. The Kier molecular flexibility index (Phi) is 3.58. The van der Waals surface area contributed by atoms with E-state index < -0.39 is 5.97 Å². The van der Waals surface area contributed by atoms with Gasteiger partial charge in [0.2, 0.25) is 0 Å². The van der Waals surface area contributed by atoms with Crippen LogP contribution in [0.2, 0.25) is 0 Å². The van der Waals surface area contributed by atoms with Gasteiger partial charge in [0.05, 0.1) is 0 Å². The van der Waals surface area contributed by atoms with Crippen molar-refractivity contribution in [3.05, 3.63) is 64.8 Å². The van der Waals surface area contributed by atoms with E-state index in [-0.39, 0.29) is 5.82 Å². The molecule has 0 aliphatic heterocycles. The second kappa shape index (κ2) is 5.54. The minimum absolute atomic E-state index is 0.320. The topological polar surface area (TPSA) is 49.3 Å². The van der Waals surface area contributed by atoms with E-state index in [1.165, 1.54) is 23.5 Å². The lowest BCUT2D eigenvalue weighted by Gasteiger charge is -2.07. The highest BCUT2D eigenvalue weighted by Gasteiger charge is 2.17. The Labute approximate surface area is 124 Å². The van der Waals surface area contributed by atoms with Crippen LogP contribution in [0, 0.1) is 5.82 Å². The van der Waals surface area contributed by atoms with E-state index in [0.29, 0.717) is 17.1 Å². The first-order valence-electron chi connectivity index (χ1n) is 6.38. The monoisotopic (exact) mass is 301 g/mol. The summed E-state index contributed by atoms with van der Waals surface area (Å²) in [5.74, 6) is -1.26. The van der Waals surface area contributed by atoms with Gasteiger partial charge in [-0.25, -0.2) is 9.18 Å². The van der Waals surface area contributed by atoms with Crippen LogP contribution < -0.4 is 5.32 Å². The second-order valence-corrected chi connectivity index (χ2v) is 5.63. The van der Waals surface area contributed by atoms with Crippen LogP contribution in [-0.2, 0) is 6.54 Å². The Balaban J connectivity index is 1.95. The van der Waals surface area contributed by atoms with Crippen molar-refractivity contribution in [2.75, 3.05) is 5.32 Å². The molecule has 0 saturated heterocycles.